The van der Waals surface area contributed by atoms with Crippen LogP contribution in [0, 0.1) is 0 Å². The molecule has 0 fully saturated rings. The Morgan fingerprint density at radius 1 is 1.08 bits per heavy atom. The van der Waals surface area contributed by atoms with Crippen LogP contribution in [0.4, 0.5) is 0 Å². The first-order chi connectivity index (χ1) is 12.0. The van der Waals surface area contributed by atoms with Crippen LogP contribution in [0.2, 0.25) is 0 Å². The van der Waals surface area contributed by atoms with Gasteiger partial charge in [-0.15, -0.1) is 0 Å². The first-order valence-electron chi connectivity index (χ1n) is 8.15. The number of fused-ring (bicyclic) bond motifs is 1. The van der Waals surface area contributed by atoms with E-state index in [4.69, 9.17) is 14.2 Å². The summed E-state index contributed by atoms with van der Waals surface area (Å²) in [6.45, 7) is 4.75. The van der Waals surface area contributed by atoms with Gasteiger partial charge in [-0.05, 0) is 55.8 Å². The molecule has 1 aliphatic rings. The zero-order valence-corrected chi connectivity index (χ0v) is 15.7. The molecule has 6 heteroatoms. The average molecular weight is 406 g/mol. The highest BCUT2D eigenvalue weighted by atomic mass is 79.9. The molecular weight excluding hydrogens is 386 g/mol. The number of carbonyl (C=O) groups is 1. The molecule has 132 valence electrons. The smallest absolute Gasteiger partial charge is 0.261 e. The molecule has 0 radical (unpaired) electrons. The quantitative estimate of drug-likeness (QED) is 0.820. The van der Waals surface area contributed by atoms with Crippen LogP contribution in [-0.2, 0) is 4.79 Å². The van der Waals surface area contributed by atoms with Crippen LogP contribution in [0.3, 0.4) is 0 Å². The highest BCUT2D eigenvalue weighted by Crippen LogP contribution is 2.32. The zero-order chi connectivity index (χ0) is 17.8. The van der Waals surface area contributed by atoms with E-state index in [1.165, 1.54) is 0 Å². The van der Waals surface area contributed by atoms with Gasteiger partial charge in [0.2, 0.25) is 0 Å². The Balaban J connectivity index is 1.60. The summed E-state index contributed by atoms with van der Waals surface area (Å²) in [7, 11) is 0. The van der Waals surface area contributed by atoms with Crippen molar-refractivity contribution in [2.45, 2.75) is 26.0 Å². The van der Waals surface area contributed by atoms with Crippen molar-refractivity contribution in [3.05, 3.63) is 52.5 Å². The number of nitrogens with one attached hydrogen (secondary N) is 1. The van der Waals surface area contributed by atoms with E-state index < -0.39 is 6.10 Å². The van der Waals surface area contributed by atoms with Gasteiger partial charge in [0.25, 0.3) is 5.91 Å². The van der Waals surface area contributed by atoms with Gasteiger partial charge in [0, 0.05) is 4.47 Å². The number of carbonyl (C=O) groups excluding carboxylic acids is 1. The Bertz CT molecular complexity index is 748. The summed E-state index contributed by atoms with van der Waals surface area (Å²) in [6, 6.07) is 12.9. The van der Waals surface area contributed by atoms with Gasteiger partial charge in [0.1, 0.15) is 19.0 Å². The summed E-state index contributed by atoms with van der Waals surface area (Å²) in [5.74, 6) is 1.92. The summed E-state index contributed by atoms with van der Waals surface area (Å²) < 4.78 is 17.7. The monoisotopic (exact) mass is 405 g/mol. The molecule has 3 rings (SSSR count). The Hall–Kier alpha value is -2.21. The molecule has 1 heterocycles. The number of amides is 1. The van der Waals surface area contributed by atoms with Crippen LogP contribution in [0.1, 0.15) is 25.5 Å². The molecular formula is C19H20BrNO4. The molecule has 1 N–H and O–H groups in total. The largest absolute Gasteiger partial charge is 0.486 e. The maximum Gasteiger partial charge on any atom is 0.261 e. The Labute approximate surface area is 155 Å². The number of ether oxygens (including phenoxy) is 3. The summed E-state index contributed by atoms with van der Waals surface area (Å²) >= 11 is 3.37. The third-order valence-corrected chi connectivity index (χ3v) is 4.45. The van der Waals surface area contributed by atoms with E-state index in [0.29, 0.717) is 24.7 Å². The van der Waals surface area contributed by atoms with Gasteiger partial charge in [-0.2, -0.15) is 0 Å². The second-order valence-electron chi connectivity index (χ2n) is 5.85. The minimum Gasteiger partial charge on any atom is -0.486 e. The van der Waals surface area contributed by atoms with Gasteiger partial charge in [-0.25, -0.2) is 0 Å². The molecule has 5 nitrogen and oxygen atoms in total. The van der Waals surface area contributed by atoms with E-state index in [1.54, 1.807) is 6.92 Å². The Morgan fingerprint density at radius 2 is 1.76 bits per heavy atom. The molecule has 0 aromatic heterocycles. The molecule has 0 saturated heterocycles. The lowest BCUT2D eigenvalue weighted by atomic mass is 10.1. The fourth-order valence-corrected chi connectivity index (χ4v) is 2.78. The van der Waals surface area contributed by atoms with Crippen molar-refractivity contribution >= 4 is 21.8 Å². The summed E-state index contributed by atoms with van der Waals surface area (Å²) in [4.78, 5) is 12.4. The number of rotatable bonds is 5. The molecule has 25 heavy (non-hydrogen) atoms. The van der Waals surface area contributed by atoms with Crippen molar-refractivity contribution in [2.24, 2.45) is 0 Å². The lowest BCUT2D eigenvalue weighted by Crippen LogP contribution is -2.37. The molecule has 0 aliphatic carbocycles. The molecule has 0 spiro atoms. The minimum atomic E-state index is -0.596. The highest BCUT2D eigenvalue weighted by molar-refractivity contribution is 9.10. The van der Waals surface area contributed by atoms with Crippen LogP contribution in [-0.4, -0.2) is 25.2 Å². The SMILES string of the molecule is C[C@@H](Oc1ccc(Br)cc1)C(=O)N[C@H](C)c1ccc2c(c1)OCCO2. The van der Waals surface area contributed by atoms with Crippen molar-refractivity contribution in [3.8, 4) is 17.2 Å². The first kappa shape index (κ1) is 17.6. The maximum absolute atomic E-state index is 12.4. The normalized spacial score (nSPS) is 15.2. The van der Waals surface area contributed by atoms with Crippen LogP contribution in [0.15, 0.2) is 46.9 Å². The predicted octanol–water partition coefficient (Wildman–Crippen LogP) is 3.87. The molecule has 0 unspecified atom stereocenters. The van der Waals surface area contributed by atoms with Crippen molar-refractivity contribution in [2.75, 3.05) is 13.2 Å². The van der Waals surface area contributed by atoms with Gasteiger partial charge in [0.05, 0.1) is 6.04 Å². The van der Waals surface area contributed by atoms with Crippen molar-refractivity contribution in [1.82, 2.24) is 5.32 Å². The fraction of sp³-hybridized carbons (Fsp3) is 0.316. The molecule has 1 amide bonds. The molecule has 0 saturated carbocycles. The Kier molecular flexibility index (Phi) is 5.48. The van der Waals surface area contributed by atoms with Crippen molar-refractivity contribution < 1.29 is 19.0 Å². The average Bonchev–Trinajstić information content (AvgIpc) is 2.63. The van der Waals surface area contributed by atoms with Gasteiger partial charge in [0.15, 0.2) is 17.6 Å². The molecule has 2 aromatic rings. The standard InChI is InChI=1S/C19H20BrNO4/c1-12(14-3-8-17-18(11-14)24-10-9-23-17)21-19(22)13(2)25-16-6-4-15(20)5-7-16/h3-8,11-13H,9-10H2,1-2H3,(H,21,22)/t12-,13-/m1/s1. The van der Waals surface area contributed by atoms with Gasteiger partial charge in [-0.3, -0.25) is 4.79 Å². The predicted molar refractivity (Wildman–Crippen MR) is 98.2 cm³/mol. The number of hydrogen-bond donors (Lipinski definition) is 1. The second kappa shape index (κ2) is 7.78. The lowest BCUT2D eigenvalue weighted by Gasteiger charge is -2.22. The van der Waals surface area contributed by atoms with Gasteiger partial charge < -0.3 is 19.5 Å². The van der Waals surface area contributed by atoms with Crippen LogP contribution < -0.4 is 19.5 Å². The molecule has 0 bridgehead atoms. The second-order valence-corrected chi connectivity index (χ2v) is 6.76. The van der Waals surface area contributed by atoms with Gasteiger partial charge >= 0.3 is 0 Å². The first-order valence-corrected chi connectivity index (χ1v) is 8.94. The van der Waals surface area contributed by atoms with E-state index in [1.807, 2.05) is 49.4 Å². The van der Waals surface area contributed by atoms with E-state index >= 15 is 0 Å². The summed E-state index contributed by atoms with van der Waals surface area (Å²) in [5.41, 5.74) is 0.952. The van der Waals surface area contributed by atoms with E-state index in [-0.39, 0.29) is 11.9 Å². The topological polar surface area (TPSA) is 56.8 Å². The van der Waals surface area contributed by atoms with E-state index in [0.717, 1.165) is 15.8 Å². The summed E-state index contributed by atoms with van der Waals surface area (Å²) in [5, 5.41) is 2.96. The lowest BCUT2D eigenvalue weighted by molar-refractivity contribution is -0.127. The Morgan fingerprint density at radius 3 is 2.48 bits per heavy atom. The fourth-order valence-electron chi connectivity index (χ4n) is 2.51. The minimum absolute atomic E-state index is 0.167. The van der Waals surface area contributed by atoms with Gasteiger partial charge in [-0.1, -0.05) is 22.0 Å². The maximum atomic E-state index is 12.4. The van der Waals surface area contributed by atoms with E-state index in [9.17, 15) is 4.79 Å². The number of hydrogen-bond acceptors (Lipinski definition) is 4. The third kappa shape index (κ3) is 4.45. The zero-order valence-electron chi connectivity index (χ0n) is 14.1. The molecule has 1 aliphatic heterocycles. The highest BCUT2D eigenvalue weighted by Gasteiger charge is 2.19. The van der Waals surface area contributed by atoms with Crippen LogP contribution >= 0.6 is 15.9 Å². The van der Waals surface area contributed by atoms with E-state index in [2.05, 4.69) is 21.2 Å². The van der Waals surface area contributed by atoms with Crippen LogP contribution in [0.5, 0.6) is 17.2 Å². The van der Waals surface area contributed by atoms with Crippen molar-refractivity contribution in [3.63, 3.8) is 0 Å². The molecule has 2 atom stereocenters. The summed E-state index contributed by atoms with van der Waals surface area (Å²) in [6.07, 6.45) is -0.596. The van der Waals surface area contributed by atoms with Crippen molar-refractivity contribution in [1.29, 1.82) is 0 Å². The third-order valence-electron chi connectivity index (χ3n) is 3.92. The molecule has 2 aromatic carbocycles. The number of benzene rings is 2. The number of halogens is 1. The van der Waals surface area contributed by atoms with Crippen LogP contribution in [0.25, 0.3) is 0 Å².